The lowest BCUT2D eigenvalue weighted by molar-refractivity contribution is -0.145. The highest BCUT2D eigenvalue weighted by atomic mass is 35.5. The van der Waals surface area contributed by atoms with Crippen LogP contribution >= 0.6 is 34.8 Å². The van der Waals surface area contributed by atoms with Crippen LogP contribution in [0.2, 0.25) is 15.1 Å². The summed E-state index contributed by atoms with van der Waals surface area (Å²) in [5.74, 6) is -0.0110. The normalized spacial score (nSPS) is 10.9. The molecule has 28 heavy (non-hydrogen) atoms. The van der Waals surface area contributed by atoms with Crippen molar-refractivity contribution in [3.8, 4) is 0 Å². The van der Waals surface area contributed by atoms with Crippen LogP contribution < -0.4 is 0 Å². The molecule has 0 aliphatic rings. The topological polar surface area (TPSA) is 52.6 Å². The zero-order chi connectivity index (χ0) is 20.9. The van der Waals surface area contributed by atoms with Crippen LogP contribution in [0, 0.1) is 5.92 Å². The average Bonchev–Trinajstić information content (AvgIpc) is 2.61. The summed E-state index contributed by atoms with van der Waals surface area (Å²) in [6.45, 7) is 4.57. The van der Waals surface area contributed by atoms with Crippen molar-refractivity contribution in [2.75, 3.05) is 6.61 Å². The van der Waals surface area contributed by atoms with Crippen molar-refractivity contribution in [2.45, 2.75) is 71.8 Å². The first-order valence-electron chi connectivity index (χ1n) is 9.74. The van der Waals surface area contributed by atoms with Gasteiger partial charge in [0.25, 0.3) is 0 Å². The minimum absolute atomic E-state index is 0.0422. The van der Waals surface area contributed by atoms with Crippen LogP contribution in [0.4, 0.5) is 0 Å². The summed E-state index contributed by atoms with van der Waals surface area (Å²) in [5.41, 5.74) is 0.563. The summed E-state index contributed by atoms with van der Waals surface area (Å²) in [4.78, 5) is 23.3. The third-order valence-electron chi connectivity index (χ3n) is 4.07. The van der Waals surface area contributed by atoms with Gasteiger partial charge in [-0.25, -0.2) is 0 Å². The Hall–Kier alpha value is -0.970. The van der Waals surface area contributed by atoms with E-state index in [9.17, 15) is 9.59 Å². The fraction of sp³-hybridized carbons (Fsp3) is 0.619. The quantitative estimate of drug-likeness (QED) is 0.239. The predicted octanol–water partition coefficient (Wildman–Crippen LogP) is 7.01. The van der Waals surface area contributed by atoms with E-state index in [2.05, 4.69) is 0 Å². The number of unbranched alkanes of at least 4 members (excludes halogenated alkanes) is 5. The molecule has 0 radical (unpaired) electrons. The minimum atomic E-state index is -0.269. The summed E-state index contributed by atoms with van der Waals surface area (Å²) in [6, 6.07) is 3.14. The van der Waals surface area contributed by atoms with Crippen molar-refractivity contribution in [3.05, 3.63) is 32.8 Å². The SMILES string of the molecule is CC(C)COC(=O)CCCCCCCCC(=O)OCc1c(Cl)cc(Cl)cc1Cl. The number of hydrogen-bond donors (Lipinski definition) is 0. The monoisotopic (exact) mass is 450 g/mol. The van der Waals surface area contributed by atoms with Crippen LogP contribution in [-0.4, -0.2) is 18.5 Å². The first kappa shape index (κ1) is 25.1. The van der Waals surface area contributed by atoms with Crippen LogP contribution in [-0.2, 0) is 25.7 Å². The third-order valence-corrected chi connectivity index (χ3v) is 4.97. The molecule has 1 aromatic carbocycles. The van der Waals surface area contributed by atoms with Gasteiger partial charge in [-0.15, -0.1) is 0 Å². The fourth-order valence-corrected chi connectivity index (χ4v) is 3.44. The van der Waals surface area contributed by atoms with Crippen molar-refractivity contribution in [2.24, 2.45) is 5.92 Å². The minimum Gasteiger partial charge on any atom is -0.465 e. The molecule has 0 N–H and O–H groups in total. The lowest BCUT2D eigenvalue weighted by Gasteiger charge is -2.09. The maximum Gasteiger partial charge on any atom is 0.306 e. The largest absolute Gasteiger partial charge is 0.465 e. The smallest absolute Gasteiger partial charge is 0.306 e. The number of benzene rings is 1. The van der Waals surface area contributed by atoms with Crippen LogP contribution in [0.15, 0.2) is 12.1 Å². The van der Waals surface area contributed by atoms with E-state index in [-0.39, 0.29) is 18.5 Å². The van der Waals surface area contributed by atoms with Gasteiger partial charge in [-0.2, -0.15) is 0 Å². The second-order valence-electron chi connectivity index (χ2n) is 7.21. The van der Waals surface area contributed by atoms with E-state index in [0.29, 0.717) is 46.0 Å². The molecule has 0 spiro atoms. The van der Waals surface area contributed by atoms with E-state index >= 15 is 0 Å². The maximum absolute atomic E-state index is 11.8. The van der Waals surface area contributed by atoms with Crippen LogP contribution in [0.5, 0.6) is 0 Å². The maximum atomic E-state index is 11.8. The Bertz CT molecular complexity index is 609. The molecule has 7 heteroatoms. The summed E-state index contributed by atoms with van der Waals surface area (Å²) < 4.78 is 10.4. The zero-order valence-electron chi connectivity index (χ0n) is 16.6. The van der Waals surface area contributed by atoms with E-state index in [1.165, 1.54) is 0 Å². The molecule has 0 bridgehead atoms. The van der Waals surface area contributed by atoms with E-state index in [0.717, 1.165) is 38.5 Å². The molecule has 0 heterocycles. The molecule has 0 atom stereocenters. The van der Waals surface area contributed by atoms with Gasteiger partial charge in [0.1, 0.15) is 6.61 Å². The van der Waals surface area contributed by atoms with Gasteiger partial charge in [-0.05, 0) is 30.9 Å². The number of esters is 2. The van der Waals surface area contributed by atoms with Gasteiger partial charge in [0, 0.05) is 23.4 Å². The first-order chi connectivity index (χ1) is 13.3. The van der Waals surface area contributed by atoms with Gasteiger partial charge >= 0.3 is 11.9 Å². The number of hydrogen-bond acceptors (Lipinski definition) is 4. The second-order valence-corrected chi connectivity index (χ2v) is 8.46. The molecule has 158 valence electrons. The van der Waals surface area contributed by atoms with Crippen molar-refractivity contribution in [1.29, 1.82) is 0 Å². The molecule has 0 aromatic heterocycles. The Morgan fingerprint density at radius 1 is 0.821 bits per heavy atom. The third kappa shape index (κ3) is 11.1. The lowest BCUT2D eigenvalue weighted by Crippen LogP contribution is -2.09. The molecule has 4 nitrogen and oxygen atoms in total. The Morgan fingerprint density at radius 2 is 1.29 bits per heavy atom. The molecule has 0 fully saturated rings. The van der Waals surface area contributed by atoms with E-state index in [1.54, 1.807) is 12.1 Å². The van der Waals surface area contributed by atoms with Crippen LogP contribution in [0.3, 0.4) is 0 Å². The summed E-state index contributed by atoms with van der Waals surface area (Å²) in [5, 5.41) is 1.22. The number of rotatable bonds is 13. The highest BCUT2D eigenvalue weighted by molar-refractivity contribution is 6.39. The second kappa shape index (κ2) is 14.1. The van der Waals surface area contributed by atoms with Gasteiger partial charge in [0.05, 0.1) is 16.7 Å². The predicted molar refractivity (Wildman–Crippen MR) is 114 cm³/mol. The summed E-state index contributed by atoms with van der Waals surface area (Å²) >= 11 is 18.0. The highest BCUT2D eigenvalue weighted by Gasteiger charge is 2.11. The van der Waals surface area contributed by atoms with Gasteiger partial charge in [-0.1, -0.05) is 74.3 Å². The van der Waals surface area contributed by atoms with E-state index in [4.69, 9.17) is 44.3 Å². The van der Waals surface area contributed by atoms with Gasteiger partial charge in [-0.3, -0.25) is 9.59 Å². The lowest BCUT2D eigenvalue weighted by atomic mass is 10.1. The van der Waals surface area contributed by atoms with Crippen molar-refractivity contribution in [3.63, 3.8) is 0 Å². The van der Waals surface area contributed by atoms with Crippen molar-refractivity contribution in [1.82, 2.24) is 0 Å². The van der Waals surface area contributed by atoms with E-state index in [1.807, 2.05) is 13.8 Å². The molecule has 1 rings (SSSR count). The highest BCUT2D eigenvalue weighted by Crippen LogP contribution is 2.29. The first-order valence-corrected chi connectivity index (χ1v) is 10.9. The summed E-state index contributed by atoms with van der Waals surface area (Å²) in [6.07, 6.45) is 6.49. The Kier molecular flexibility index (Phi) is 12.6. The molecule has 0 aliphatic carbocycles. The van der Waals surface area contributed by atoms with Gasteiger partial charge in [0.2, 0.25) is 0 Å². The van der Waals surface area contributed by atoms with Crippen LogP contribution in [0.1, 0.15) is 70.8 Å². The molecule has 1 aromatic rings. The fourth-order valence-electron chi connectivity index (χ4n) is 2.51. The molecule has 0 unspecified atom stereocenters. The molecule has 0 aliphatic heterocycles. The Balaban J connectivity index is 2.05. The zero-order valence-corrected chi connectivity index (χ0v) is 18.8. The molecule has 0 saturated carbocycles. The Morgan fingerprint density at radius 3 is 1.79 bits per heavy atom. The number of halogens is 3. The van der Waals surface area contributed by atoms with Crippen molar-refractivity contribution < 1.29 is 19.1 Å². The number of carbonyl (C=O) groups is 2. The van der Waals surface area contributed by atoms with Gasteiger partial charge < -0.3 is 9.47 Å². The average molecular weight is 452 g/mol. The van der Waals surface area contributed by atoms with Crippen molar-refractivity contribution >= 4 is 46.7 Å². The molecule has 0 amide bonds. The Labute approximate surface area is 182 Å². The standard InChI is InChI=1S/C21H29Cl3O4/c1-15(2)13-27-20(25)9-7-5-3-4-6-8-10-21(26)28-14-17-18(23)11-16(22)12-19(17)24/h11-12,15H,3-10,13-14H2,1-2H3. The number of ether oxygens (including phenoxy) is 2. The summed E-state index contributed by atoms with van der Waals surface area (Å²) in [7, 11) is 0. The molecular weight excluding hydrogens is 423 g/mol. The molecule has 0 saturated heterocycles. The van der Waals surface area contributed by atoms with E-state index < -0.39 is 0 Å². The van der Waals surface area contributed by atoms with Gasteiger partial charge in [0.15, 0.2) is 0 Å². The molecular formula is C21H29Cl3O4. The number of carbonyl (C=O) groups excluding carboxylic acids is 2. The van der Waals surface area contributed by atoms with Crippen LogP contribution in [0.25, 0.3) is 0 Å².